The summed E-state index contributed by atoms with van der Waals surface area (Å²) >= 11 is 0. The van der Waals surface area contributed by atoms with Crippen LogP contribution in [0.5, 0.6) is 0 Å². The fraction of sp³-hybridized carbons (Fsp3) is 0.500. The van der Waals surface area contributed by atoms with E-state index in [-0.39, 0.29) is 38.8 Å². The molecule has 0 aromatic rings. The standard InChI is InChI=1S/C6H12N.Y/c1-4-5-6(2)7-3;/h4-7H,2H2,1,3H3;/q-1;. The molecule has 1 atom stereocenters. The van der Waals surface area contributed by atoms with Gasteiger partial charge in [0.1, 0.15) is 0 Å². The van der Waals surface area contributed by atoms with Gasteiger partial charge in [0.15, 0.2) is 0 Å². The fourth-order valence-electron chi connectivity index (χ4n) is 0.329. The van der Waals surface area contributed by atoms with E-state index in [1.165, 1.54) is 0 Å². The van der Waals surface area contributed by atoms with Crippen molar-refractivity contribution in [2.75, 3.05) is 7.05 Å². The van der Waals surface area contributed by atoms with Crippen LogP contribution in [0.15, 0.2) is 12.2 Å². The van der Waals surface area contributed by atoms with Crippen LogP contribution >= 0.6 is 0 Å². The number of rotatable bonds is 2. The Bertz CT molecular complexity index is 61.5. The molecule has 0 heterocycles. The van der Waals surface area contributed by atoms with Gasteiger partial charge in [0, 0.05) is 32.7 Å². The number of nitrogens with one attached hydrogen (secondary N) is 1. The van der Waals surface area contributed by atoms with Crippen LogP contribution in [0.3, 0.4) is 0 Å². The number of likely N-dealkylation sites (N-methyl/N-ethyl adjacent to an activating group) is 1. The van der Waals surface area contributed by atoms with E-state index in [4.69, 9.17) is 0 Å². The maximum Gasteiger partial charge on any atom is 0 e. The van der Waals surface area contributed by atoms with E-state index in [1.807, 2.05) is 26.1 Å². The molecular formula is C6H12NY-. The smallest absolute Gasteiger partial charge is 0 e. The second-order valence-electron chi connectivity index (χ2n) is 1.42. The van der Waals surface area contributed by atoms with Crippen molar-refractivity contribution in [2.24, 2.45) is 0 Å². The molecule has 0 aromatic heterocycles. The molecule has 0 aliphatic rings. The molecule has 0 spiro atoms. The van der Waals surface area contributed by atoms with Gasteiger partial charge >= 0.3 is 0 Å². The number of hydrogen-bond donors (Lipinski definition) is 1. The van der Waals surface area contributed by atoms with Crippen molar-refractivity contribution in [2.45, 2.75) is 13.0 Å². The van der Waals surface area contributed by atoms with Gasteiger partial charge in [0.05, 0.1) is 0 Å². The Morgan fingerprint density at radius 3 is 2.25 bits per heavy atom. The van der Waals surface area contributed by atoms with Gasteiger partial charge in [-0.15, -0.1) is 12.1 Å². The van der Waals surface area contributed by atoms with Gasteiger partial charge in [0.2, 0.25) is 0 Å². The van der Waals surface area contributed by atoms with Gasteiger partial charge in [-0.05, 0) is 14.0 Å². The molecule has 0 aromatic carbocycles. The Balaban J connectivity index is 0. The third-order valence-electron chi connectivity index (χ3n) is 0.796. The topological polar surface area (TPSA) is 12.0 Å². The molecule has 45 valence electrons. The quantitative estimate of drug-likeness (QED) is 0.502. The van der Waals surface area contributed by atoms with Crippen LogP contribution in [0.2, 0.25) is 0 Å². The van der Waals surface area contributed by atoms with Crippen LogP contribution < -0.4 is 5.32 Å². The molecule has 0 aliphatic heterocycles. The Labute approximate surface area is 76.8 Å². The second-order valence-corrected chi connectivity index (χ2v) is 1.42. The summed E-state index contributed by atoms with van der Waals surface area (Å²) in [5.41, 5.74) is 0. The summed E-state index contributed by atoms with van der Waals surface area (Å²) < 4.78 is 0. The average Bonchev–Trinajstić information content (AvgIpc) is 1.68. The third-order valence-corrected chi connectivity index (χ3v) is 0.796. The Morgan fingerprint density at radius 1 is 1.62 bits per heavy atom. The fourth-order valence-corrected chi connectivity index (χ4v) is 0.329. The van der Waals surface area contributed by atoms with Gasteiger partial charge in [-0.2, -0.15) is 0 Å². The molecule has 2 heteroatoms. The molecule has 0 aliphatic carbocycles. The molecule has 1 nitrogen and oxygen atoms in total. The van der Waals surface area contributed by atoms with Crippen molar-refractivity contribution in [1.29, 1.82) is 0 Å². The first-order valence-corrected chi connectivity index (χ1v) is 2.44. The van der Waals surface area contributed by atoms with E-state index in [2.05, 4.69) is 12.2 Å². The van der Waals surface area contributed by atoms with Crippen LogP contribution in [0.1, 0.15) is 6.92 Å². The first kappa shape index (κ1) is 11.6. The van der Waals surface area contributed by atoms with Gasteiger partial charge in [-0.3, -0.25) is 0 Å². The summed E-state index contributed by atoms with van der Waals surface area (Å²) in [5, 5.41) is 2.97. The minimum absolute atomic E-state index is 0. The molecule has 0 saturated carbocycles. The maximum absolute atomic E-state index is 3.75. The summed E-state index contributed by atoms with van der Waals surface area (Å²) in [6.07, 6.45) is 3.98. The summed E-state index contributed by atoms with van der Waals surface area (Å²) in [6.45, 7) is 5.73. The molecule has 1 radical (unpaired) electrons. The molecule has 0 bridgehead atoms. The summed E-state index contributed by atoms with van der Waals surface area (Å²) in [5.74, 6) is 0. The average molecular weight is 187 g/mol. The number of hydrogen-bond acceptors (Lipinski definition) is 1. The van der Waals surface area contributed by atoms with E-state index in [1.54, 1.807) is 0 Å². The molecule has 1 N–H and O–H groups in total. The van der Waals surface area contributed by atoms with Gasteiger partial charge in [-0.1, -0.05) is 6.08 Å². The van der Waals surface area contributed by atoms with Crippen molar-refractivity contribution < 1.29 is 32.7 Å². The van der Waals surface area contributed by atoms with Crippen LogP contribution in [0.25, 0.3) is 0 Å². The van der Waals surface area contributed by atoms with Crippen LogP contribution in [-0.2, 0) is 32.7 Å². The van der Waals surface area contributed by atoms with E-state index in [0.717, 1.165) is 0 Å². The minimum Gasteiger partial charge on any atom is -0.343 e. The van der Waals surface area contributed by atoms with E-state index >= 15 is 0 Å². The van der Waals surface area contributed by atoms with Crippen LogP contribution in [-0.4, -0.2) is 13.1 Å². The predicted octanol–water partition coefficient (Wildman–Crippen LogP) is 0.982. The first-order valence-electron chi connectivity index (χ1n) is 2.44. The Morgan fingerprint density at radius 2 is 2.12 bits per heavy atom. The zero-order valence-electron chi connectivity index (χ0n) is 5.52. The maximum atomic E-state index is 3.75. The van der Waals surface area contributed by atoms with Crippen molar-refractivity contribution >= 4 is 0 Å². The molecule has 0 fully saturated rings. The summed E-state index contributed by atoms with van der Waals surface area (Å²) in [7, 11) is 1.89. The normalized spacial score (nSPS) is 13.4. The van der Waals surface area contributed by atoms with Crippen molar-refractivity contribution in [1.82, 2.24) is 5.32 Å². The van der Waals surface area contributed by atoms with Gasteiger partial charge in [-0.25, -0.2) is 0 Å². The molecule has 0 amide bonds. The molecule has 1 unspecified atom stereocenters. The van der Waals surface area contributed by atoms with Gasteiger partial charge in [0.25, 0.3) is 0 Å². The summed E-state index contributed by atoms with van der Waals surface area (Å²) in [6, 6.07) is 0.269. The second kappa shape index (κ2) is 7.80. The molecule has 8 heavy (non-hydrogen) atoms. The van der Waals surface area contributed by atoms with E-state index < -0.39 is 0 Å². The largest absolute Gasteiger partial charge is 0.343 e. The zero-order chi connectivity index (χ0) is 5.70. The van der Waals surface area contributed by atoms with E-state index in [9.17, 15) is 0 Å². The number of allylic oxidation sites excluding steroid dienone is 1. The molecule has 0 rings (SSSR count). The summed E-state index contributed by atoms with van der Waals surface area (Å²) in [4.78, 5) is 0. The van der Waals surface area contributed by atoms with Crippen molar-refractivity contribution in [3.63, 3.8) is 0 Å². The van der Waals surface area contributed by atoms with Gasteiger partial charge < -0.3 is 12.2 Å². The van der Waals surface area contributed by atoms with Crippen molar-refractivity contribution in [3.8, 4) is 0 Å². The molecular weight excluding hydrogens is 175 g/mol. The van der Waals surface area contributed by atoms with Crippen molar-refractivity contribution in [3.05, 3.63) is 19.1 Å². The monoisotopic (exact) mass is 187 g/mol. The Hall–Kier alpha value is 0.804. The minimum atomic E-state index is 0. The zero-order valence-corrected chi connectivity index (χ0v) is 8.35. The Kier molecular flexibility index (Phi) is 11.3. The predicted molar refractivity (Wildman–Crippen MR) is 33.0 cm³/mol. The van der Waals surface area contributed by atoms with E-state index in [0.29, 0.717) is 0 Å². The molecule has 0 saturated heterocycles. The van der Waals surface area contributed by atoms with Crippen LogP contribution in [0.4, 0.5) is 0 Å². The SMILES string of the molecule is [CH2-]C(C=CC)NC.[Y]. The van der Waals surface area contributed by atoms with Crippen LogP contribution in [0, 0.1) is 6.92 Å². The first-order chi connectivity index (χ1) is 3.31. The third kappa shape index (κ3) is 6.80.